The molecule has 0 bridgehead atoms. The van der Waals surface area contributed by atoms with E-state index in [0.717, 1.165) is 16.5 Å². The highest BCUT2D eigenvalue weighted by molar-refractivity contribution is 5.80. The van der Waals surface area contributed by atoms with Gasteiger partial charge in [0, 0.05) is 29.6 Å². The average Bonchev–Trinajstić information content (AvgIpc) is 2.69. The van der Waals surface area contributed by atoms with Crippen molar-refractivity contribution in [2.24, 2.45) is 0 Å². The van der Waals surface area contributed by atoms with Gasteiger partial charge >= 0.3 is 0 Å². The van der Waals surface area contributed by atoms with E-state index in [2.05, 4.69) is 5.10 Å². The Bertz CT molecular complexity index is 1050. The first-order valence-corrected chi connectivity index (χ1v) is 8.71. The van der Waals surface area contributed by atoms with Crippen LogP contribution in [0.1, 0.15) is 17.2 Å². The van der Waals surface area contributed by atoms with E-state index < -0.39 is 6.10 Å². The van der Waals surface area contributed by atoms with Crippen molar-refractivity contribution in [3.8, 4) is 11.5 Å². The number of ether oxygens (including phenoxy) is 2. The minimum Gasteiger partial charge on any atom is -0.496 e. The molecule has 27 heavy (non-hydrogen) atoms. The Morgan fingerprint density at radius 1 is 1.15 bits per heavy atom. The molecular weight excluding hydrogens is 346 g/mol. The summed E-state index contributed by atoms with van der Waals surface area (Å²) in [7, 11) is 3.18. The lowest BCUT2D eigenvalue weighted by Gasteiger charge is -2.33. The highest BCUT2D eigenvalue weighted by Crippen LogP contribution is 2.39. The molecule has 2 aromatic carbocycles. The van der Waals surface area contributed by atoms with Gasteiger partial charge in [0.05, 0.1) is 38.6 Å². The van der Waals surface area contributed by atoms with Crippen molar-refractivity contribution in [2.75, 3.05) is 20.8 Å². The van der Waals surface area contributed by atoms with Crippen molar-refractivity contribution >= 4 is 10.8 Å². The van der Waals surface area contributed by atoms with Crippen molar-refractivity contribution in [2.45, 2.75) is 19.3 Å². The second-order valence-corrected chi connectivity index (χ2v) is 6.57. The summed E-state index contributed by atoms with van der Waals surface area (Å²) >= 11 is 0. The molecule has 1 aliphatic heterocycles. The van der Waals surface area contributed by atoms with Gasteiger partial charge in [-0.1, -0.05) is 18.2 Å². The normalized spacial score (nSPS) is 16.9. The molecular formula is C20H21N3O4. The number of nitrogens with zero attached hydrogens (tertiary/aromatic N) is 3. The maximum Gasteiger partial charge on any atom is 0.275 e. The van der Waals surface area contributed by atoms with Crippen LogP contribution >= 0.6 is 0 Å². The van der Waals surface area contributed by atoms with Gasteiger partial charge in [-0.25, -0.2) is 4.68 Å². The highest BCUT2D eigenvalue weighted by atomic mass is 16.5. The molecule has 0 amide bonds. The zero-order valence-electron chi connectivity index (χ0n) is 15.3. The SMILES string of the molecule is COc1ccc(OC)c2c1CN(Cn1ncc3ccccc3c1=O)CC2O. The van der Waals surface area contributed by atoms with Crippen molar-refractivity contribution in [3.63, 3.8) is 0 Å². The average molecular weight is 367 g/mol. The van der Waals surface area contributed by atoms with Crippen molar-refractivity contribution in [1.29, 1.82) is 0 Å². The molecule has 0 fully saturated rings. The molecule has 2 heterocycles. The topological polar surface area (TPSA) is 76.8 Å². The Kier molecular flexibility index (Phi) is 4.55. The number of aliphatic hydroxyl groups is 1. The molecule has 1 aliphatic rings. The van der Waals surface area contributed by atoms with Crippen LogP contribution < -0.4 is 15.0 Å². The summed E-state index contributed by atoms with van der Waals surface area (Å²) < 4.78 is 12.3. The Labute approximate surface area is 156 Å². The maximum absolute atomic E-state index is 12.7. The molecule has 3 aromatic rings. The molecule has 140 valence electrons. The maximum atomic E-state index is 12.7. The monoisotopic (exact) mass is 367 g/mol. The summed E-state index contributed by atoms with van der Waals surface area (Å²) in [5.74, 6) is 1.33. The first-order valence-electron chi connectivity index (χ1n) is 8.71. The number of aliphatic hydroxyl groups excluding tert-OH is 1. The molecule has 1 atom stereocenters. The van der Waals surface area contributed by atoms with E-state index in [1.165, 1.54) is 4.68 Å². The Morgan fingerprint density at radius 3 is 2.67 bits per heavy atom. The molecule has 7 nitrogen and oxygen atoms in total. The van der Waals surface area contributed by atoms with E-state index in [1.54, 1.807) is 32.5 Å². The molecule has 0 saturated carbocycles. The summed E-state index contributed by atoms with van der Waals surface area (Å²) in [4.78, 5) is 14.7. The summed E-state index contributed by atoms with van der Waals surface area (Å²) in [5, 5.41) is 16.4. The molecule has 0 radical (unpaired) electrons. The van der Waals surface area contributed by atoms with Gasteiger partial charge in [0.2, 0.25) is 0 Å². The molecule has 1 unspecified atom stereocenters. The van der Waals surface area contributed by atoms with Crippen molar-refractivity contribution in [1.82, 2.24) is 14.7 Å². The van der Waals surface area contributed by atoms with E-state index in [4.69, 9.17) is 9.47 Å². The van der Waals surface area contributed by atoms with Gasteiger partial charge in [-0.2, -0.15) is 5.10 Å². The number of fused-ring (bicyclic) bond motifs is 2. The first-order chi connectivity index (χ1) is 13.1. The van der Waals surface area contributed by atoms with Crippen molar-refractivity contribution in [3.05, 3.63) is 64.1 Å². The number of hydrogen-bond acceptors (Lipinski definition) is 6. The van der Waals surface area contributed by atoms with Crippen LogP contribution in [-0.4, -0.2) is 40.6 Å². The van der Waals surface area contributed by atoms with Gasteiger partial charge in [-0.3, -0.25) is 9.69 Å². The van der Waals surface area contributed by atoms with Crippen LogP contribution in [0.4, 0.5) is 0 Å². The van der Waals surface area contributed by atoms with Crippen LogP contribution in [0.2, 0.25) is 0 Å². The van der Waals surface area contributed by atoms with E-state index >= 15 is 0 Å². The molecule has 0 spiro atoms. The molecule has 0 saturated heterocycles. The fourth-order valence-electron chi connectivity index (χ4n) is 3.67. The van der Waals surface area contributed by atoms with Gasteiger partial charge in [-0.05, 0) is 18.2 Å². The van der Waals surface area contributed by atoms with E-state index in [9.17, 15) is 9.90 Å². The fourth-order valence-corrected chi connectivity index (χ4v) is 3.67. The third-order valence-corrected chi connectivity index (χ3v) is 4.96. The van der Waals surface area contributed by atoms with Gasteiger partial charge in [0.15, 0.2) is 0 Å². The Morgan fingerprint density at radius 2 is 1.89 bits per heavy atom. The van der Waals surface area contributed by atoms with Crippen molar-refractivity contribution < 1.29 is 14.6 Å². The smallest absolute Gasteiger partial charge is 0.275 e. The molecule has 7 heteroatoms. The van der Waals surface area contributed by atoms with Crippen LogP contribution in [-0.2, 0) is 13.2 Å². The summed E-state index contributed by atoms with van der Waals surface area (Å²) in [6, 6.07) is 11.0. The van der Waals surface area contributed by atoms with E-state index in [-0.39, 0.29) is 12.2 Å². The standard InChI is InChI=1S/C20H21N3O4/c1-26-17-7-8-18(27-2)19-15(17)10-22(11-16(19)24)12-23-20(25)14-6-4-3-5-13(14)9-21-23/h3-9,16,24H,10-12H2,1-2H3. The van der Waals surface area contributed by atoms with Crippen LogP contribution in [0.25, 0.3) is 10.8 Å². The van der Waals surface area contributed by atoms with Crippen LogP contribution in [0, 0.1) is 0 Å². The number of benzene rings is 2. The minimum absolute atomic E-state index is 0.147. The Hall–Kier alpha value is -2.90. The lowest BCUT2D eigenvalue weighted by atomic mass is 9.95. The van der Waals surface area contributed by atoms with E-state index in [1.807, 2.05) is 29.2 Å². The van der Waals surface area contributed by atoms with Gasteiger partial charge < -0.3 is 14.6 Å². The molecule has 0 aliphatic carbocycles. The van der Waals surface area contributed by atoms with Crippen LogP contribution in [0.15, 0.2) is 47.4 Å². The minimum atomic E-state index is -0.741. The van der Waals surface area contributed by atoms with Gasteiger partial charge in [0.1, 0.15) is 11.5 Å². The van der Waals surface area contributed by atoms with Crippen LogP contribution in [0.5, 0.6) is 11.5 Å². The largest absolute Gasteiger partial charge is 0.496 e. The molecule has 4 rings (SSSR count). The summed E-state index contributed by atoms with van der Waals surface area (Å²) in [6.45, 7) is 1.17. The lowest BCUT2D eigenvalue weighted by molar-refractivity contribution is 0.0663. The quantitative estimate of drug-likeness (QED) is 0.759. The molecule has 1 N–H and O–H groups in total. The van der Waals surface area contributed by atoms with Gasteiger partial charge in [0.25, 0.3) is 5.56 Å². The molecule has 1 aromatic heterocycles. The number of rotatable bonds is 4. The number of aromatic nitrogens is 2. The number of hydrogen-bond donors (Lipinski definition) is 1. The second kappa shape index (κ2) is 7.02. The highest BCUT2D eigenvalue weighted by Gasteiger charge is 2.30. The number of methoxy groups -OCH3 is 2. The predicted molar refractivity (Wildman–Crippen MR) is 101 cm³/mol. The third-order valence-electron chi connectivity index (χ3n) is 4.96. The fraction of sp³-hybridized carbons (Fsp3) is 0.300. The predicted octanol–water partition coefficient (Wildman–Crippen LogP) is 1.92. The number of β-amino-alcohol motifs (C(OH)–C–C–N with tert-alkyl or cyclic N) is 1. The van der Waals surface area contributed by atoms with Gasteiger partial charge in [-0.15, -0.1) is 0 Å². The first kappa shape index (κ1) is 17.5. The third kappa shape index (κ3) is 3.05. The Balaban J connectivity index is 1.68. The summed E-state index contributed by atoms with van der Waals surface area (Å²) in [6.07, 6.45) is 0.948. The summed E-state index contributed by atoms with van der Waals surface area (Å²) in [5.41, 5.74) is 1.46. The van der Waals surface area contributed by atoms with Crippen LogP contribution in [0.3, 0.4) is 0 Å². The zero-order chi connectivity index (χ0) is 19.0. The van der Waals surface area contributed by atoms with E-state index in [0.29, 0.717) is 30.0 Å². The second-order valence-electron chi connectivity index (χ2n) is 6.57. The lowest BCUT2D eigenvalue weighted by Crippen LogP contribution is -2.39. The zero-order valence-corrected chi connectivity index (χ0v) is 15.3.